The molecule has 0 aliphatic carbocycles. The topological polar surface area (TPSA) is 150 Å². The third-order valence-electron chi connectivity index (χ3n) is 6.54. The molecule has 13 nitrogen and oxygen atoms in total. The fraction of sp³-hybridized carbons (Fsp3) is 0.152. The predicted octanol–water partition coefficient (Wildman–Crippen LogP) is 6.70. The molecule has 2 aromatic heterocycles. The summed E-state index contributed by atoms with van der Waals surface area (Å²) in [6.07, 6.45) is 3.10. The Morgan fingerprint density at radius 2 is 1.28 bits per heavy atom. The molecule has 0 saturated carbocycles. The van der Waals surface area contributed by atoms with Gasteiger partial charge in [-0.2, -0.15) is 4.98 Å². The average molecular weight is 624 g/mol. The highest BCUT2D eigenvalue weighted by Gasteiger charge is 2.15. The first-order valence-electron chi connectivity index (χ1n) is 14.0. The molecule has 5 rings (SSSR count). The number of nitrogens with zero attached hydrogens (tertiary/aromatic N) is 3. The molecule has 13 heteroatoms. The summed E-state index contributed by atoms with van der Waals surface area (Å²) in [5.74, 6) is 4.02. The second-order valence-corrected chi connectivity index (χ2v) is 9.63. The van der Waals surface area contributed by atoms with Crippen LogP contribution in [0.2, 0.25) is 0 Å². The van der Waals surface area contributed by atoms with Crippen LogP contribution in [-0.2, 0) is 6.54 Å². The number of rotatable bonds is 13. The maximum absolute atomic E-state index is 13.0. The second-order valence-electron chi connectivity index (χ2n) is 9.63. The molecule has 0 radical (unpaired) electrons. The summed E-state index contributed by atoms with van der Waals surface area (Å²) in [6, 6.07) is 22.9. The molecule has 0 aliphatic rings. The molecule has 4 N–H and O–H groups in total. The quantitative estimate of drug-likeness (QED) is 0.111. The van der Waals surface area contributed by atoms with Crippen molar-refractivity contribution in [2.24, 2.45) is 0 Å². The molecule has 236 valence electrons. The van der Waals surface area contributed by atoms with Gasteiger partial charge in [-0.25, -0.2) is 14.8 Å². The Balaban J connectivity index is 1.30. The summed E-state index contributed by atoms with van der Waals surface area (Å²) in [5, 5.41) is 11.9. The van der Waals surface area contributed by atoms with Crippen molar-refractivity contribution in [1.29, 1.82) is 0 Å². The van der Waals surface area contributed by atoms with E-state index >= 15 is 0 Å². The van der Waals surface area contributed by atoms with E-state index in [1.807, 2.05) is 36.4 Å². The number of methoxy groups -OCH3 is 4. The lowest BCUT2D eigenvalue weighted by Gasteiger charge is -2.14. The van der Waals surface area contributed by atoms with Crippen molar-refractivity contribution >= 4 is 34.9 Å². The molecule has 0 atom stereocenters. The third-order valence-corrected chi connectivity index (χ3v) is 6.54. The van der Waals surface area contributed by atoms with E-state index in [0.717, 1.165) is 11.3 Å². The Labute approximate surface area is 265 Å². The molecule has 0 aliphatic heterocycles. The molecule has 0 unspecified atom stereocenters. The van der Waals surface area contributed by atoms with E-state index in [1.54, 1.807) is 62.9 Å². The Hall–Kier alpha value is -6.24. The van der Waals surface area contributed by atoms with Gasteiger partial charge in [-0.15, -0.1) is 0 Å². The van der Waals surface area contributed by atoms with E-state index < -0.39 is 6.03 Å². The van der Waals surface area contributed by atoms with Gasteiger partial charge in [-0.1, -0.05) is 12.1 Å². The predicted molar refractivity (Wildman–Crippen MR) is 175 cm³/mol. The zero-order valence-corrected chi connectivity index (χ0v) is 25.7. The molecule has 5 aromatic rings. The Bertz CT molecular complexity index is 1730. The molecular formula is C33H33N7O6. The van der Waals surface area contributed by atoms with Gasteiger partial charge in [0.1, 0.15) is 40.3 Å². The fourth-order valence-corrected chi connectivity index (χ4v) is 4.15. The first-order valence-corrected chi connectivity index (χ1v) is 14.0. The van der Waals surface area contributed by atoms with Gasteiger partial charge in [0.05, 0.1) is 46.5 Å². The van der Waals surface area contributed by atoms with Crippen LogP contribution < -0.4 is 45.0 Å². The van der Waals surface area contributed by atoms with Gasteiger partial charge in [0.15, 0.2) is 0 Å². The highest BCUT2D eigenvalue weighted by atomic mass is 16.5. The van der Waals surface area contributed by atoms with Crippen LogP contribution in [0.3, 0.4) is 0 Å². The van der Waals surface area contributed by atoms with Crippen LogP contribution >= 0.6 is 0 Å². The van der Waals surface area contributed by atoms with Gasteiger partial charge in [0, 0.05) is 30.4 Å². The summed E-state index contributed by atoms with van der Waals surface area (Å²) in [6.45, 7) is 0.604. The molecule has 0 bridgehead atoms. The van der Waals surface area contributed by atoms with Crippen LogP contribution in [0.25, 0.3) is 0 Å². The standard InChI is InChI=1S/C33H33N7O6/c1-42-24-8-5-21(6-9-24)18-34-30-14-7-22(19-35-30)37-32-36-20-29(31(40-32)46-26-12-10-25(43-2)11-13-26)39-33(41)38-23-15-27(44-3)17-28(16-23)45-4/h5-17,19-20H,18H2,1-4H3,(H,34,35)(H,36,37,40)(H2,38,39,41). The van der Waals surface area contributed by atoms with Gasteiger partial charge in [0.2, 0.25) is 11.8 Å². The van der Waals surface area contributed by atoms with Crippen molar-refractivity contribution in [2.75, 3.05) is 49.7 Å². The van der Waals surface area contributed by atoms with E-state index in [-0.39, 0.29) is 17.5 Å². The molecule has 2 amide bonds. The smallest absolute Gasteiger partial charge is 0.323 e. The molecule has 2 heterocycles. The first kappa shape index (κ1) is 31.2. The van der Waals surface area contributed by atoms with Gasteiger partial charge in [-0.3, -0.25) is 0 Å². The minimum atomic E-state index is -0.555. The van der Waals surface area contributed by atoms with Crippen LogP contribution in [0.4, 0.5) is 33.6 Å². The number of carbonyl (C=O) groups is 1. The van der Waals surface area contributed by atoms with Crippen LogP contribution in [0, 0.1) is 0 Å². The summed E-state index contributed by atoms with van der Waals surface area (Å²) in [5.41, 5.74) is 2.42. The number of ether oxygens (including phenoxy) is 5. The van der Waals surface area contributed by atoms with E-state index in [1.165, 1.54) is 20.4 Å². The lowest BCUT2D eigenvalue weighted by molar-refractivity contribution is 0.262. The van der Waals surface area contributed by atoms with Gasteiger partial charge in [-0.05, 0) is 54.1 Å². The summed E-state index contributed by atoms with van der Waals surface area (Å²) in [4.78, 5) is 26.3. The monoisotopic (exact) mass is 623 g/mol. The lowest BCUT2D eigenvalue weighted by atomic mass is 10.2. The Kier molecular flexibility index (Phi) is 10.2. The summed E-state index contributed by atoms with van der Waals surface area (Å²) >= 11 is 0. The maximum atomic E-state index is 13.0. The van der Waals surface area contributed by atoms with Gasteiger partial charge in [0.25, 0.3) is 0 Å². The number of carbonyl (C=O) groups excluding carboxylic acids is 1. The molecular weight excluding hydrogens is 590 g/mol. The van der Waals surface area contributed by atoms with E-state index in [2.05, 4.69) is 36.2 Å². The fourth-order valence-electron chi connectivity index (χ4n) is 4.15. The summed E-state index contributed by atoms with van der Waals surface area (Å²) < 4.78 is 27.1. The van der Waals surface area contributed by atoms with Crippen LogP contribution in [-0.4, -0.2) is 49.4 Å². The molecule has 0 saturated heterocycles. The number of urea groups is 1. The molecule has 3 aromatic carbocycles. The number of amides is 2. The molecule has 0 spiro atoms. The van der Waals surface area contributed by atoms with Crippen molar-refractivity contribution in [2.45, 2.75) is 6.54 Å². The van der Waals surface area contributed by atoms with E-state index in [0.29, 0.717) is 46.7 Å². The van der Waals surface area contributed by atoms with Crippen LogP contribution in [0.5, 0.6) is 34.6 Å². The first-order chi connectivity index (χ1) is 22.4. The number of anilines is 5. The zero-order valence-electron chi connectivity index (χ0n) is 25.7. The van der Waals surface area contributed by atoms with Crippen molar-refractivity contribution in [3.8, 4) is 34.6 Å². The highest BCUT2D eigenvalue weighted by Crippen LogP contribution is 2.31. The van der Waals surface area contributed by atoms with E-state index in [9.17, 15) is 4.79 Å². The van der Waals surface area contributed by atoms with Crippen molar-refractivity contribution in [1.82, 2.24) is 15.0 Å². The number of pyridine rings is 1. The third kappa shape index (κ3) is 8.44. The zero-order chi connectivity index (χ0) is 32.3. The number of benzene rings is 3. The van der Waals surface area contributed by atoms with Crippen LogP contribution in [0.1, 0.15) is 5.56 Å². The highest BCUT2D eigenvalue weighted by molar-refractivity contribution is 6.00. The second kappa shape index (κ2) is 15.0. The van der Waals surface area contributed by atoms with Crippen molar-refractivity contribution in [3.05, 3.63) is 96.8 Å². The van der Waals surface area contributed by atoms with Gasteiger partial charge >= 0.3 is 6.03 Å². The SMILES string of the molecule is COc1ccc(CNc2ccc(Nc3ncc(NC(=O)Nc4cc(OC)cc(OC)c4)c(Oc4ccc(OC)cc4)n3)cn2)cc1. The van der Waals surface area contributed by atoms with Gasteiger partial charge < -0.3 is 45.0 Å². The number of hydrogen-bond acceptors (Lipinski definition) is 11. The molecule has 46 heavy (non-hydrogen) atoms. The minimum Gasteiger partial charge on any atom is -0.497 e. The number of aromatic nitrogens is 3. The number of hydrogen-bond donors (Lipinski definition) is 4. The lowest BCUT2D eigenvalue weighted by Crippen LogP contribution is -2.20. The molecule has 0 fully saturated rings. The van der Waals surface area contributed by atoms with E-state index in [4.69, 9.17) is 23.7 Å². The normalized spacial score (nSPS) is 10.3. The maximum Gasteiger partial charge on any atom is 0.323 e. The van der Waals surface area contributed by atoms with Crippen LogP contribution in [0.15, 0.2) is 91.3 Å². The van der Waals surface area contributed by atoms with Crippen molar-refractivity contribution in [3.63, 3.8) is 0 Å². The Morgan fingerprint density at radius 1 is 0.652 bits per heavy atom. The average Bonchev–Trinajstić information content (AvgIpc) is 3.09. The largest absolute Gasteiger partial charge is 0.497 e. The number of nitrogens with one attached hydrogen (secondary N) is 4. The minimum absolute atomic E-state index is 0.103. The van der Waals surface area contributed by atoms with Crippen molar-refractivity contribution < 1.29 is 28.5 Å². The Morgan fingerprint density at radius 3 is 1.89 bits per heavy atom. The summed E-state index contributed by atoms with van der Waals surface area (Å²) in [7, 11) is 6.27.